The predicted molar refractivity (Wildman–Crippen MR) is 326 cm³/mol. The molecule has 0 heterocycles. The fourth-order valence-corrected chi connectivity index (χ4v) is 10.8. The van der Waals surface area contributed by atoms with Crippen LogP contribution in [0.2, 0.25) is 0 Å². The van der Waals surface area contributed by atoms with E-state index in [0.29, 0.717) is 31.6 Å². The molecule has 0 aliphatic carbocycles. The number of aliphatic hydroxyl groups is 1. The Labute approximate surface area is 498 Å². The Balaban J connectivity index is 5.27. The van der Waals surface area contributed by atoms with Crippen LogP contribution in [0.1, 0.15) is 299 Å². The van der Waals surface area contributed by atoms with Crippen LogP contribution in [0.4, 0.5) is 0 Å². The first-order valence-electron chi connectivity index (χ1n) is 32.8. The highest BCUT2D eigenvalue weighted by Crippen LogP contribution is 2.45. The number of hydrogen-bond donors (Lipinski definition) is 3. The van der Waals surface area contributed by atoms with E-state index in [-0.39, 0.29) is 25.7 Å². The van der Waals surface area contributed by atoms with E-state index in [9.17, 15) is 43.2 Å². The maximum atomic E-state index is 13.0. The van der Waals surface area contributed by atoms with Gasteiger partial charge < -0.3 is 33.8 Å². The van der Waals surface area contributed by atoms with Gasteiger partial charge in [-0.3, -0.25) is 37.3 Å². The molecule has 0 aromatic rings. The summed E-state index contributed by atoms with van der Waals surface area (Å²) in [5, 5.41) is 10.5. The van der Waals surface area contributed by atoms with E-state index < -0.39 is 97.5 Å². The van der Waals surface area contributed by atoms with Gasteiger partial charge in [0.2, 0.25) is 0 Å². The molecule has 3 N–H and O–H groups in total. The molecule has 0 rings (SSSR count). The molecule has 7 atom stereocenters. The van der Waals surface area contributed by atoms with E-state index in [1.54, 1.807) is 0 Å². The van der Waals surface area contributed by atoms with Crippen molar-refractivity contribution < 1.29 is 80.2 Å². The molecule has 19 heteroatoms. The first kappa shape index (κ1) is 80.1. The summed E-state index contributed by atoms with van der Waals surface area (Å²) in [5.74, 6) is 0.750. The Bertz CT molecular complexity index is 1650. The molecule has 0 fully saturated rings. The van der Waals surface area contributed by atoms with E-state index in [1.807, 2.05) is 0 Å². The lowest BCUT2D eigenvalue weighted by atomic mass is 10.00. The average molecular weight is 1210 g/mol. The van der Waals surface area contributed by atoms with Gasteiger partial charge in [0.15, 0.2) is 12.2 Å². The highest BCUT2D eigenvalue weighted by Gasteiger charge is 2.30. The summed E-state index contributed by atoms with van der Waals surface area (Å²) in [5.41, 5.74) is 0. The number of aliphatic hydroxyl groups excluding tert-OH is 1. The number of rotatable bonds is 60. The highest BCUT2D eigenvalue weighted by molar-refractivity contribution is 7.47. The van der Waals surface area contributed by atoms with Gasteiger partial charge in [-0.2, -0.15) is 0 Å². The summed E-state index contributed by atoms with van der Waals surface area (Å²) in [6.45, 7) is 13.9. The maximum absolute atomic E-state index is 13.0. The lowest BCUT2D eigenvalue weighted by molar-refractivity contribution is -0.161. The molecule has 0 saturated heterocycles. The van der Waals surface area contributed by atoms with Crippen LogP contribution >= 0.6 is 15.6 Å². The van der Waals surface area contributed by atoms with Crippen molar-refractivity contribution in [2.45, 2.75) is 318 Å². The summed E-state index contributed by atoms with van der Waals surface area (Å²) in [4.78, 5) is 72.1. The summed E-state index contributed by atoms with van der Waals surface area (Å²) in [6, 6.07) is 0. The molecule has 82 heavy (non-hydrogen) atoms. The minimum absolute atomic E-state index is 0.102. The topological polar surface area (TPSA) is 237 Å². The molecule has 0 saturated carbocycles. The van der Waals surface area contributed by atoms with Crippen molar-refractivity contribution in [3.05, 3.63) is 0 Å². The number of phosphoric ester groups is 2. The number of esters is 4. The van der Waals surface area contributed by atoms with Crippen LogP contribution in [-0.4, -0.2) is 96.7 Å². The van der Waals surface area contributed by atoms with Crippen LogP contribution in [-0.2, 0) is 65.4 Å². The number of phosphoric acid groups is 2. The van der Waals surface area contributed by atoms with Gasteiger partial charge in [-0.15, -0.1) is 0 Å². The molecule has 0 aromatic heterocycles. The van der Waals surface area contributed by atoms with E-state index in [0.717, 1.165) is 120 Å². The minimum atomic E-state index is -4.94. The van der Waals surface area contributed by atoms with Gasteiger partial charge in [0.05, 0.1) is 26.4 Å². The second-order valence-corrected chi connectivity index (χ2v) is 27.1. The van der Waals surface area contributed by atoms with E-state index in [1.165, 1.54) is 89.9 Å². The van der Waals surface area contributed by atoms with Crippen LogP contribution in [0.15, 0.2) is 0 Å². The zero-order valence-corrected chi connectivity index (χ0v) is 54.9. The Kier molecular flexibility index (Phi) is 52.0. The first-order valence-corrected chi connectivity index (χ1v) is 35.8. The quantitative estimate of drug-likeness (QED) is 0.0222. The van der Waals surface area contributed by atoms with Gasteiger partial charge in [-0.05, 0) is 49.4 Å². The Morgan fingerprint density at radius 3 is 0.866 bits per heavy atom. The monoisotopic (exact) mass is 1210 g/mol. The predicted octanol–water partition coefficient (Wildman–Crippen LogP) is 17.0. The highest BCUT2D eigenvalue weighted by atomic mass is 31.2. The largest absolute Gasteiger partial charge is 0.472 e. The molecule has 0 bridgehead atoms. The smallest absolute Gasteiger partial charge is 0.462 e. The fourth-order valence-electron chi connectivity index (χ4n) is 9.19. The number of carbonyl (C=O) groups excluding carboxylic acids is 4. The molecule has 0 aliphatic heterocycles. The summed E-state index contributed by atoms with van der Waals surface area (Å²) in [7, 11) is -9.89. The zero-order valence-electron chi connectivity index (χ0n) is 53.1. The van der Waals surface area contributed by atoms with Gasteiger partial charge in [-0.25, -0.2) is 9.13 Å². The van der Waals surface area contributed by atoms with Crippen molar-refractivity contribution in [3.63, 3.8) is 0 Å². The molecular weight excluding hydrogens is 1090 g/mol. The number of ether oxygens (including phenoxy) is 4. The van der Waals surface area contributed by atoms with Crippen molar-refractivity contribution >= 4 is 39.5 Å². The Morgan fingerprint density at radius 2 is 0.585 bits per heavy atom. The second-order valence-electron chi connectivity index (χ2n) is 24.2. The van der Waals surface area contributed by atoms with Crippen LogP contribution in [0.5, 0.6) is 0 Å². The van der Waals surface area contributed by atoms with Crippen molar-refractivity contribution in [1.82, 2.24) is 0 Å². The van der Waals surface area contributed by atoms with Gasteiger partial charge in [0, 0.05) is 25.7 Å². The van der Waals surface area contributed by atoms with E-state index in [4.69, 9.17) is 37.0 Å². The van der Waals surface area contributed by atoms with Crippen LogP contribution < -0.4 is 0 Å². The van der Waals surface area contributed by atoms with Crippen LogP contribution in [0.3, 0.4) is 0 Å². The average Bonchev–Trinajstić information content (AvgIpc) is 3.44. The minimum Gasteiger partial charge on any atom is -0.462 e. The van der Waals surface area contributed by atoms with Gasteiger partial charge >= 0.3 is 39.5 Å². The van der Waals surface area contributed by atoms with Crippen molar-refractivity contribution in [1.29, 1.82) is 0 Å². The molecule has 0 spiro atoms. The van der Waals surface area contributed by atoms with Crippen molar-refractivity contribution in [2.24, 2.45) is 23.7 Å². The first-order chi connectivity index (χ1) is 39.2. The van der Waals surface area contributed by atoms with Crippen LogP contribution in [0.25, 0.3) is 0 Å². The number of carbonyl (C=O) groups is 4. The normalized spacial score (nSPS) is 15.1. The lowest BCUT2D eigenvalue weighted by Gasteiger charge is -2.21. The third-order valence-corrected chi connectivity index (χ3v) is 16.9. The number of unbranched alkanes of at least 4 members (excludes halogenated alkanes) is 24. The Hall–Kier alpha value is -1.94. The third-order valence-electron chi connectivity index (χ3n) is 15.0. The fraction of sp³-hybridized carbons (Fsp3) is 0.937. The lowest BCUT2D eigenvalue weighted by Crippen LogP contribution is -2.30. The molecule has 0 radical (unpaired) electrons. The Morgan fingerprint density at radius 1 is 0.341 bits per heavy atom. The molecule has 0 aromatic carbocycles. The van der Waals surface area contributed by atoms with Gasteiger partial charge in [0.25, 0.3) is 0 Å². The van der Waals surface area contributed by atoms with Crippen LogP contribution in [0, 0.1) is 23.7 Å². The van der Waals surface area contributed by atoms with Crippen molar-refractivity contribution in [2.75, 3.05) is 39.6 Å². The third kappa shape index (κ3) is 54.7. The summed E-state index contributed by atoms with van der Waals surface area (Å²) < 4.78 is 67.9. The maximum Gasteiger partial charge on any atom is 0.472 e. The van der Waals surface area contributed by atoms with E-state index >= 15 is 0 Å². The molecule has 0 amide bonds. The van der Waals surface area contributed by atoms with E-state index in [2.05, 4.69) is 55.4 Å². The number of hydrogen-bond acceptors (Lipinski definition) is 15. The van der Waals surface area contributed by atoms with Crippen molar-refractivity contribution in [3.8, 4) is 0 Å². The SMILES string of the molecule is CCC(C)CCCCCCCCC(=O)OC[C@H](COP(=O)(O)OC[C@@H](O)COP(=O)(O)OC[C@@H](COC(=O)CCCCCCCCC(C)CC)OC(=O)CCCCCCCCCC(C)C)OC(=O)CCCCCCCCCCCC(C)C. The second kappa shape index (κ2) is 53.3. The summed E-state index contributed by atoms with van der Waals surface area (Å²) in [6.07, 6.45) is 32.2. The van der Waals surface area contributed by atoms with Gasteiger partial charge in [-0.1, -0.05) is 248 Å². The summed E-state index contributed by atoms with van der Waals surface area (Å²) >= 11 is 0. The molecule has 486 valence electrons. The standard InChI is InChI=1S/C63H122O17P2/c1-9-55(7)41-33-25-19-21-27-35-43-60(65)73-49-58(79-62(67)45-37-29-17-13-11-12-15-23-31-39-53(3)4)51-77-81(69,70)75-47-57(64)48-76-82(71,72)78-52-59(80-63(68)46-38-30-18-14-16-24-32-40-54(5)6)50-74-61(66)44-36-28-22-20-26-34-42-56(8)10-2/h53-59,64H,9-52H2,1-8H3,(H,69,70)(H,71,72)/t55?,56?,57-,58-,59-/m1/s1. The molecule has 4 unspecified atom stereocenters. The van der Waals surface area contributed by atoms with Gasteiger partial charge in [0.1, 0.15) is 19.3 Å². The molecule has 0 aliphatic rings. The zero-order chi connectivity index (χ0) is 61.1. The molecule has 17 nitrogen and oxygen atoms in total. The molecular formula is C63H122O17P2.